The van der Waals surface area contributed by atoms with E-state index in [-0.39, 0.29) is 0 Å². The molecule has 0 aromatic carbocycles. The fourth-order valence-corrected chi connectivity index (χ4v) is 2.86. The molecule has 1 aliphatic carbocycles. The fraction of sp³-hybridized carbons (Fsp3) is 0.812. The predicted octanol–water partition coefficient (Wildman–Crippen LogP) is 2.61. The van der Waals surface area contributed by atoms with Crippen LogP contribution in [0.5, 0.6) is 0 Å². The summed E-state index contributed by atoms with van der Waals surface area (Å²) in [5.41, 5.74) is 1.49. The van der Waals surface area contributed by atoms with Crippen LogP contribution in [0.1, 0.15) is 51.9 Å². The highest BCUT2D eigenvalue weighted by molar-refractivity contribution is 5.80. The Labute approximate surface area is 123 Å². The first-order valence-electron chi connectivity index (χ1n) is 8.19. The van der Waals surface area contributed by atoms with Gasteiger partial charge in [-0.15, -0.1) is 0 Å². The van der Waals surface area contributed by atoms with E-state index in [0.717, 1.165) is 45.1 Å². The molecule has 0 aromatic rings. The molecule has 0 radical (unpaired) electrons. The summed E-state index contributed by atoms with van der Waals surface area (Å²) in [7, 11) is 0. The van der Waals surface area contributed by atoms with Crippen molar-refractivity contribution in [3.05, 3.63) is 11.6 Å². The van der Waals surface area contributed by atoms with Crippen molar-refractivity contribution in [1.29, 1.82) is 0 Å². The first-order valence-corrected chi connectivity index (χ1v) is 8.19. The average Bonchev–Trinajstić information content (AvgIpc) is 2.49. The number of hydrogen-bond acceptors (Lipinski definition) is 2. The quantitative estimate of drug-likeness (QED) is 0.462. The van der Waals surface area contributed by atoms with Crippen LogP contribution in [0.25, 0.3) is 0 Å². The molecule has 1 fully saturated rings. The zero-order chi connectivity index (χ0) is 14.0. The van der Waals surface area contributed by atoms with Gasteiger partial charge in [0.15, 0.2) is 5.96 Å². The smallest absolute Gasteiger partial charge is 0.191 e. The highest BCUT2D eigenvalue weighted by atomic mass is 16.5. The van der Waals surface area contributed by atoms with Crippen LogP contribution in [0.3, 0.4) is 0 Å². The molecule has 114 valence electrons. The first kappa shape index (κ1) is 15.4. The molecule has 0 amide bonds. The van der Waals surface area contributed by atoms with Gasteiger partial charge < -0.3 is 15.4 Å². The number of rotatable bonds is 5. The predicted molar refractivity (Wildman–Crippen MR) is 84.1 cm³/mol. The molecular formula is C16H29N3O. The summed E-state index contributed by atoms with van der Waals surface area (Å²) in [6.45, 7) is 5.57. The van der Waals surface area contributed by atoms with Crippen molar-refractivity contribution in [2.75, 3.05) is 26.3 Å². The van der Waals surface area contributed by atoms with Gasteiger partial charge in [-0.1, -0.05) is 30.9 Å². The average molecular weight is 279 g/mol. The van der Waals surface area contributed by atoms with Crippen LogP contribution in [0.4, 0.5) is 0 Å². The van der Waals surface area contributed by atoms with Crippen LogP contribution in [-0.2, 0) is 4.74 Å². The minimum absolute atomic E-state index is 0.615. The second-order valence-corrected chi connectivity index (χ2v) is 5.68. The number of hydrogen-bond donors (Lipinski definition) is 2. The molecule has 1 heterocycles. The monoisotopic (exact) mass is 279 g/mol. The zero-order valence-corrected chi connectivity index (χ0v) is 12.8. The highest BCUT2D eigenvalue weighted by Crippen LogP contribution is 2.17. The Bertz CT molecular complexity index is 333. The van der Waals surface area contributed by atoms with E-state index in [4.69, 9.17) is 9.73 Å². The van der Waals surface area contributed by atoms with Crippen LogP contribution >= 0.6 is 0 Å². The second-order valence-electron chi connectivity index (χ2n) is 5.68. The molecule has 1 saturated carbocycles. The van der Waals surface area contributed by atoms with Gasteiger partial charge in [0, 0.05) is 19.1 Å². The maximum absolute atomic E-state index is 5.33. The van der Waals surface area contributed by atoms with Crippen LogP contribution < -0.4 is 10.6 Å². The molecule has 0 spiro atoms. The van der Waals surface area contributed by atoms with E-state index in [1.165, 1.54) is 37.7 Å². The topological polar surface area (TPSA) is 45.7 Å². The maximum atomic E-state index is 5.33. The van der Waals surface area contributed by atoms with Gasteiger partial charge in [0.05, 0.1) is 13.2 Å². The second kappa shape index (κ2) is 9.01. The normalized spacial score (nSPS) is 21.4. The van der Waals surface area contributed by atoms with Crippen LogP contribution in [0, 0.1) is 0 Å². The summed E-state index contributed by atoms with van der Waals surface area (Å²) in [5, 5.41) is 6.95. The van der Waals surface area contributed by atoms with E-state index in [2.05, 4.69) is 23.6 Å². The Kier molecular flexibility index (Phi) is 6.92. The molecule has 0 bridgehead atoms. The lowest BCUT2D eigenvalue weighted by Gasteiger charge is -2.25. The van der Waals surface area contributed by atoms with Gasteiger partial charge >= 0.3 is 0 Å². The molecule has 1 aliphatic heterocycles. The third-order valence-corrected chi connectivity index (χ3v) is 4.05. The molecular weight excluding hydrogens is 250 g/mol. The summed E-state index contributed by atoms with van der Waals surface area (Å²) in [4.78, 5) is 4.71. The van der Waals surface area contributed by atoms with Crippen molar-refractivity contribution in [2.45, 2.75) is 57.9 Å². The Morgan fingerprint density at radius 2 is 2.20 bits per heavy atom. The SMILES string of the molecule is CCNC(=NCCC1=CCOCC1)NC1CCCCC1. The number of guanidine groups is 1. The van der Waals surface area contributed by atoms with E-state index < -0.39 is 0 Å². The van der Waals surface area contributed by atoms with Gasteiger partial charge in [0.25, 0.3) is 0 Å². The van der Waals surface area contributed by atoms with E-state index in [1.54, 1.807) is 0 Å². The summed E-state index contributed by atoms with van der Waals surface area (Å²) in [6.07, 6.45) is 11.0. The number of ether oxygens (including phenoxy) is 1. The maximum Gasteiger partial charge on any atom is 0.191 e. The third kappa shape index (κ3) is 5.53. The lowest BCUT2D eigenvalue weighted by molar-refractivity contribution is 0.153. The Morgan fingerprint density at radius 1 is 1.35 bits per heavy atom. The molecule has 0 atom stereocenters. The van der Waals surface area contributed by atoms with Crippen molar-refractivity contribution in [1.82, 2.24) is 10.6 Å². The lowest BCUT2D eigenvalue weighted by atomic mass is 9.96. The van der Waals surface area contributed by atoms with E-state index >= 15 is 0 Å². The largest absolute Gasteiger partial charge is 0.377 e. The lowest BCUT2D eigenvalue weighted by Crippen LogP contribution is -2.44. The Balaban J connectivity index is 1.76. The van der Waals surface area contributed by atoms with Crippen LogP contribution in [0.15, 0.2) is 16.6 Å². The van der Waals surface area contributed by atoms with Gasteiger partial charge in [-0.05, 0) is 32.6 Å². The van der Waals surface area contributed by atoms with Crippen molar-refractivity contribution < 1.29 is 4.74 Å². The van der Waals surface area contributed by atoms with Crippen molar-refractivity contribution in [3.63, 3.8) is 0 Å². The van der Waals surface area contributed by atoms with Gasteiger partial charge in [-0.2, -0.15) is 0 Å². The molecule has 4 heteroatoms. The highest BCUT2D eigenvalue weighted by Gasteiger charge is 2.14. The van der Waals surface area contributed by atoms with E-state index in [9.17, 15) is 0 Å². The minimum Gasteiger partial charge on any atom is -0.377 e. The number of nitrogens with zero attached hydrogens (tertiary/aromatic N) is 1. The molecule has 2 aliphatic rings. The summed E-state index contributed by atoms with van der Waals surface area (Å²) in [6, 6.07) is 0.615. The molecule has 20 heavy (non-hydrogen) atoms. The standard InChI is InChI=1S/C16H29N3O/c1-2-17-16(19-15-6-4-3-5-7-15)18-11-8-14-9-12-20-13-10-14/h9,15H,2-8,10-13H2,1H3,(H2,17,18,19). The molecule has 2 rings (SSSR count). The van der Waals surface area contributed by atoms with E-state index in [0.29, 0.717) is 6.04 Å². The fourth-order valence-electron chi connectivity index (χ4n) is 2.86. The molecule has 2 N–H and O–H groups in total. The molecule has 0 aromatic heterocycles. The number of nitrogens with one attached hydrogen (secondary N) is 2. The van der Waals surface area contributed by atoms with Gasteiger partial charge in [-0.25, -0.2) is 0 Å². The van der Waals surface area contributed by atoms with Crippen molar-refractivity contribution in [2.24, 2.45) is 4.99 Å². The molecule has 0 saturated heterocycles. The van der Waals surface area contributed by atoms with Crippen molar-refractivity contribution >= 4 is 5.96 Å². The van der Waals surface area contributed by atoms with Crippen molar-refractivity contribution in [3.8, 4) is 0 Å². The number of aliphatic imine (C=N–C) groups is 1. The summed E-state index contributed by atoms with van der Waals surface area (Å²) in [5.74, 6) is 0.993. The molecule has 4 nitrogen and oxygen atoms in total. The van der Waals surface area contributed by atoms with Crippen LogP contribution in [-0.4, -0.2) is 38.3 Å². The zero-order valence-electron chi connectivity index (χ0n) is 12.8. The van der Waals surface area contributed by atoms with Gasteiger partial charge in [-0.3, -0.25) is 4.99 Å². The summed E-state index contributed by atoms with van der Waals surface area (Å²) < 4.78 is 5.33. The minimum atomic E-state index is 0.615. The Morgan fingerprint density at radius 3 is 2.90 bits per heavy atom. The third-order valence-electron chi connectivity index (χ3n) is 4.05. The van der Waals surface area contributed by atoms with E-state index in [1.807, 2.05) is 0 Å². The van der Waals surface area contributed by atoms with Crippen LogP contribution in [0.2, 0.25) is 0 Å². The van der Waals surface area contributed by atoms with Gasteiger partial charge in [0.2, 0.25) is 0 Å². The first-order chi connectivity index (χ1) is 9.88. The summed E-state index contributed by atoms with van der Waals surface area (Å²) >= 11 is 0. The van der Waals surface area contributed by atoms with Gasteiger partial charge in [0.1, 0.15) is 0 Å². The Hall–Kier alpha value is -1.03. The molecule has 0 unspecified atom stereocenters.